The van der Waals surface area contributed by atoms with Crippen LogP contribution in [0.2, 0.25) is 0 Å². The molecule has 3 heterocycles. The van der Waals surface area contributed by atoms with E-state index in [4.69, 9.17) is 4.42 Å². The lowest BCUT2D eigenvalue weighted by Gasteiger charge is -2.30. The number of rotatable bonds is 9. The van der Waals surface area contributed by atoms with Crippen LogP contribution in [0.1, 0.15) is 43.9 Å². The quantitative estimate of drug-likeness (QED) is 0.543. The normalized spacial score (nSPS) is 23.8. The Labute approximate surface area is 199 Å². The molecule has 0 bridgehead atoms. The fourth-order valence-corrected chi connectivity index (χ4v) is 6.41. The SMILES string of the molecule is CCCC[C@]1(c2ccccc2)NC(=O)N(CC(=O)N(Cc2ccco2)[C@@H]2CCS(=O)(=O)C2)C1=O. The van der Waals surface area contributed by atoms with Gasteiger partial charge in [0.15, 0.2) is 9.84 Å². The summed E-state index contributed by atoms with van der Waals surface area (Å²) in [6, 6.07) is 11.3. The Morgan fingerprint density at radius 1 is 1.21 bits per heavy atom. The summed E-state index contributed by atoms with van der Waals surface area (Å²) in [5.41, 5.74) is -0.553. The van der Waals surface area contributed by atoms with Crippen molar-refractivity contribution in [2.75, 3.05) is 18.1 Å². The summed E-state index contributed by atoms with van der Waals surface area (Å²) in [4.78, 5) is 42.3. The number of hydrogen-bond acceptors (Lipinski definition) is 6. The van der Waals surface area contributed by atoms with E-state index >= 15 is 0 Å². The van der Waals surface area contributed by atoms with Crippen molar-refractivity contribution in [1.82, 2.24) is 15.1 Å². The third kappa shape index (κ3) is 4.72. The lowest BCUT2D eigenvalue weighted by atomic mass is 9.85. The second-order valence-corrected chi connectivity index (χ2v) is 11.1. The number of carbonyl (C=O) groups excluding carboxylic acids is 3. The third-order valence-corrected chi connectivity index (χ3v) is 8.27. The molecule has 2 atom stereocenters. The highest BCUT2D eigenvalue weighted by Crippen LogP contribution is 2.34. The number of hydrogen-bond donors (Lipinski definition) is 1. The molecule has 0 radical (unpaired) electrons. The third-order valence-electron chi connectivity index (χ3n) is 6.52. The van der Waals surface area contributed by atoms with E-state index in [9.17, 15) is 22.8 Å². The fourth-order valence-electron chi connectivity index (χ4n) is 4.68. The van der Waals surface area contributed by atoms with Gasteiger partial charge in [-0.25, -0.2) is 13.2 Å². The molecule has 0 spiro atoms. The van der Waals surface area contributed by atoms with Gasteiger partial charge in [-0.1, -0.05) is 50.1 Å². The Bertz CT molecular complexity index is 1150. The first-order valence-corrected chi connectivity index (χ1v) is 13.3. The summed E-state index contributed by atoms with van der Waals surface area (Å²) in [5.74, 6) is -0.624. The van der Waals surface area contributed by atoms with Crippen molar-refractivity contribution >= 4 is 27.7 Å². The monoisotopic (exact) mass is 487 g/mol. The second-order valence-electron chi connectivity index (χ2n) is 8.85. The Morgan fingerprint density at radius 2 is 1.97 bits per heavy atom. The van der Waals surface area contributed by atoms with E-state index in [-0.39, 0.29) is 18.1 Å². The maximum atomic E-state index is 13.6. The van der Waals surface area contributed by atoms with Crippen LogP contribution in [0.5, 0.6) is 0 Å². The van der Waals surface area contributed by atoms with Gasteiger partial charge < -0.3 is 14.6 Å². The molecule has 182 valence electrons. The first-order valence-electron chi connectivity index (χ1n) is 11.5. The minimum atomic E-state index is -3.25. The van der Waals surface area contributed by atoms with Crippen LogP contribution in [0.4, 0.5) is 4.79 Å². The molecule has 2 fully saturated rings. The molecule has 0 unspecified atom stereocenters. The first kappa shape index (κ1) is 24.0. The maximum absolute atomic E-state index is 13.6. The van der Waals surface area contributed by atoms with E-state index in [2.05, 4.69) is 5.32 Å². The van der Waals surface area contributed by atoms with Gasteiger partial charge >= 0.3 is 6.03 Å². The van der Waals surface area contributed by atoms with Gasteiger partial charge in [0.05, 0.1) is 24.3 Å². The topological polar surface area (TPSA) is 117 Å². The molecular weight excluding hydrogens is 458 g/mol. The number of benzene rings is 1. The van der Waals surface area contributed by atoms with Crippen LogP contribution in [0.3, 0.4) is 0 Å². The highest BCUT2D eigenvalue weighted by atomic mass is 32.2. The summed E-state index contributed by atoms with van der Waals surface area (Å²) in [6.45, 7) is 1.60. The molecule has 1 aromatic carbocycles. The molecule has 2 aromatic rings. The van der Waals surface area contributed by atoms with E-state index in [0.29, 0.717) is 30.6 Å². The molecule has 4 amide bonds. The highest BCUT2D eigenvalue weighted by Gasteiger charge is 2.52. The van der Waals surface area contributed by atoms with Gasteiger partial charge in [-0.2, -0.15) is 0 Å². The minimum absolute atomic E-state index is 0.00311. The van der Waals surface area contributed by atoms with Crippen LogP contribution < -0.4 is 5.32 Å². The molecule has 2 aliphatic rings. The van der Waals surface area contributed by atoms with Gasteiger partial charge in [-0.3, -0.25) is 14.5 Å². The van der Waals surface area contributed by atoms with Crippen molar-refractivity contribution in [3.8, 4) is 0 Å². The predicted octanol–water partition coefficient (Wildman–Crippen LogP) is 2.43. The second kappa shape index (κ2) is 9.61. The van der Waals surface area contributed by atoms with E-state index in [1.54, 1.807) is 24.3 Å². The zero-order valence-electron chi connectivity index (χ0n) is 19.1. The number of carbonyl (C=O) groups is 3. The van der Waals surface area contributed by atoms with Crippen molar-refractivity contribution in [1.29, 1.82) is 0 Å². The summed E-state index contributed by atoms with van der Waals surface area (Å²) in [6.07, 6.45) is 3.75. The zero-order valence-corrected chi connectivity index (χ0v) is 19.9. The van der Waals surface area contributed by atoms with Crippen molar-refractivity contribution in [2.24, 2.45) is 0 Å². The molecule has 1 N–H and O–H groups in total. The fraction of sp³-hybridized carbons (Fsp3) is 0.458. The highest BCUT2D eigenvalue weighted by molar-refractivity contribution is 7.91. The van der Waals surface area contributed by atoms with E-state index < -0.39 is 45.8 Å². The Kier molecular flexibility index (Phi) is 6.79. The van der Waals surface area contributed by atoms with Gasteiger partial charge in [-0.05, 0) is 30.5 Å². The van der Waals surface area contributed by atoms with Crippen molar-refractivity contribution in [3.63, 3.8) is 0 Å². The van der Waals surface area contributed by atoms with E-state index in [1.165, 1.54) is 11.2 Å². The van der Waals surface area contributed by atoms with Gasteiger partial charge in [0.25, 0.3) is 5.91 Å². The summed E-state index contributed by atoms with van der Waals surface area (Å²) in [7, 11) is -3.25. The Balaban J connectivity index is 1.58. The predicted molar refractivity (Wildman–Crippen MR) is 124 cm³/mol. The number of furan rings is 1. The largest absolute Gasteiger partial charge is 0.467 e. The summed E-state index contributed by atoms with van der Waals surface area (Å²) in [5, 5.41) is 2.84. The van der Waals surface area contributed by atoms with Crippen LogP contribution in [-0.2, 0) is 31.5 Å². The average Bonchev–Trinajstić information content (AvgIpc) is 3.52. The first-order chi connectivity index (χ1) is 16.3. The molecule has 2 aliphatic heterocycles. The molecule has 0 saturated carbocycles. The van der Waals surface area contributed by atoms with Gasteiger partial charge in [0, 0.05) is 6.04 Å². The Morgan fingerprint density at radius 3 is 2.59 bits per heavy atom. The lowest BCUT2D eigenvalue weighted by Crippen LogP contribution is -2.48. The van der Waals surface area contributed by atoms with Gasteiger partial charge in [-0.15, -0.1) is 0 Å². The number of amides is 4. The summed E-state index contributed by atoms with van der Waals surface area (Å²) < 4.78 is 29.5. The maximum Gasteiger partial charge on any atom is 0.325 e. The van der Waals surface area contributed by atoms with Crippen LogP contribution in [0.25, 0.3) is 0 Å². The smallest absolute Gasteiger partial charge is 0.325 e. The lowest BCUT2D eigenvalue weighted by molar-refractivity contribution is -0.141. The molecule has 10 heteroatoms. The molecule has 1 aromatic heterocycles. The van der Waals surface area contributed by atoms with Crippen LogP contribution >= 0.6 is 0 Å². The molecular formula is C24H29N3O6S. The van der Waals surface area contributed by atoms with Crippen molar-refractivity contribution in [3.05, 3.63) is 60.1 Å². The standard InChI is InChI=1S/C24H29N3O6S/c1-2-3-12-24(18-8-5-4-6-9-18)22(29)27(23(30)25-24)16-21(28)26(15-20-10-7-13-33-20)19-11-14-34(31,32)17-19/h4-10,13,19H,2-3,11-12,14-17H2,1H3,(H,25,30)/t19-,24-/m1/s1. The molecule has 0 aliphatic carbocycles. The average molecular weight is 488 g/mol. The van der Waals surface area contributed by atoms with Crippen LogP contribution in [-0.4, -0.2) is 60.2 Å². The molecule has 2 saturated heterocycles. The van der Waals surface area contributed by atoms with Gasteiger partial charge in [0.1, 0.15) is 17.8 Å². The molecule has 34 heavy (non-hydrogen) atoms. The van der Waals surface area contributed by atoms with Crippen LogP contribution in [0.15, 0.2) is 53.1 Å². The van der Waals surface area contributed by atoms with Crippen LogP contribution in [0, 0.1) is 0 Å². The van der Waals surface area contributed by atoms with Crippen molar-refractivity contribution in [2.45, 2.75) is 50.7 Å². The number of unbranched alkanes of at least 4 members (excludes halogenated alkanes) is 1. The number of nitrogens with one attached hydrogen (secondary N) is 1. The minimum Gasteiger partial charge on any atom is -0.467 e. The molecule has 9 nitrogen and oxygen atoms in total. The number of urea groups is 1. The number of imide groups is 1. The molecule has 4 rings (SSSR count). The zero-order chi connectivity index (χ0) is 24.3. The number of nitrogens with zero attached hydrogens (tertiary/aromatic N) is 2. The van der Waals surface area contributed by atoms with Gasteiger partial charge in [0.2, 0.25) is 5.91 Å². The van der Waals surface area contributed by atoms with Crippen molar-refractivity contribution < 1.29 is 27.2 Å². The summed E-state index contributed by atoms with van der Waals surface area (Å²) >= 11 is 0. The van der Waals surface area contributed by atoms with E-state index in [1.807, 2.05) is 25.1 Å². The Hall–Kier alpha value is -3.14. The number of sulfone groups is 1. The van der Waals surface area contributed by atoms with E-state index in [0.717, 1.165) is 11.3 Å².